The fraction of sp³-hybridized carbons (Fsp3) is 1.00. The number of rotatable bonds is 4. The molecule has 3 nitrogen and oxygen atoms in total. The molecule has 0 aliphatic rings. The van der Waals surface area contributed by atoms with Gasteiger partial charge in [-0.3, -0.25) is 4.18 Å². The lowest BCUT2D eigenvalue weighted by Gasteiger charge is -2.05. The van der Waals surface area contributed by atoms with Crippen molar-refractivity contribution in [3.63, 3.8) is 0 Å². The second-order valence-electron chi connectivity index (χ2n) is 1.44. The van der Waals surface area contributed by atoms with E-state index in [0.29, 0.717) is 0 Å². The molecule has 1 unspecified atom stereocenters. The van der Waals surface area contributed by atoms with E-state index in [4.69, 9.17) is 0 Å². The van der Waals surface area contributed by atoms with E-state index in [9.17, 15) is 26.2 Å². The van der Waals surface area contributed by atoms with E-state index in [1.54, 1.807) is 0 Å². The molecule has 0 aliphatic heterocycles. The van der Waals surface area contributed by atoms with Crippen molar-refractivity contribution in [2.75, 3.05) is 6.61 Å². The second kappa shape index (κ2) is 4.67. The molecule has 0 rings (SSSR count). The topological polar surface area (TPSA) is 35.5 Å². The molecule has 0 spiro atoms. The summed E-state index contributed by atoms with van der Waals surface area (Å²) in [5, 5.41) is 0. The van der Waals surface area contributed by atoms with Crippen molar-refractivity contribution in [1.82, 2.24) is 0 Å². The van der Waals surface area contributed by atoms with Gasteiger partial charge < -0.3 is 0 Å². The van der Waals surface area contributed by atoms with Crippen LogP contribution in [0.3, 0.4) is 0 Å². The zero-order valence-corrected chi connectivity index (χ0v) is 6.12. The summed E-state index contributed by atoms with van der Waals surface area (Å²) in [6, 6.07) is 0. The van der Waals surface area contributed by atoms with Gasteiger partial charge in [-0.05, 0) is 0 Å². The summed E-state index contributed by atoms with van der Waals surface area (Å²) >= 11 is -3.07. The highest BCUT2D eigenvalue weighted by atomic mass is 32.2. The van der Waals surface area contributed by atoms with Gasteiger partial charge >= 0.3 is 24.1 Å². The summed E-state index contributed by atoms with van der Waals surface area (Å²) in [5.41, 5.74) is 0. The molecule has 0 aromatic carbocycles. The van der Waals surface area contributed by atoms with Gasteiger partial charge in [0.15, 0.2) is 6.61 Å². The van der Waals surface area contributed by atoms with E-state index < -0.39 is 30.8 Å². The molecule has 0 heterocycles. The molecule has 0 bridgehead atoms. The summed E-state index contributed by atoms with van der Waals surface area (Å²) in [6.45, 7) is -5.33. The maximum Gasteiger partial charge on any atom is 0.413 e. The SMILES string of the molecule is O=S(OCC(F)(F)F)OC(F)F. The van der Waals surface area contributed by atoms with Crippen molar-refractivity contribution in [3.05, 3.63) is 0 Å². The van der Waals surface area contributed by atoms with Crippen molar-refractivity contribution in [3.8, 4) is 0 Å². The van der Waals surface area contributed by atoms with Crippen molar-refractivity contribution in [2.45, 2.75) is 12.8 Å². The third kappa shape index (κ3) is 7.82. The van der Waals surface area contributed by atoms with Crippen LogP contribution < -0.4 is 0 Å². The van der Waals surface area contributed by atoms with Gasteiger partial charge in [0.05, 0.1) is 0 Å². The first-order chi connectivity index (χ1) is 5.31. The molecule has 1 atom stereocenters. The maximum absolute atomic E-state index is 11.3. The normalized spacial score (nSPS) is 15.2. The third-order valence-electron chi connectivity index (χ3n) is 0.470. The summed E-state index contributed by atoms with van der Waals surface area (Å²) in [6.07, 6.45) is -4.72. The number of alkyl halides is 5. The molecule has 0 saturated heterocycles. The molecule has 0 saturated carbocycles. The van der Waals surface area contributed by atoms with Gasteiger partial charge in [0.25, 0.3) is 0 Å². The molecule has 12 heavy (non-hydrogen) atoms. The number of hydrogen-bond donors (Lipinski definition) is 0. The highest BCUT2D eigenvalue weighted by molar-refractivity contribution is 7.75. The molecule has 74 valence electrons. The Hall–Kier alpha value is -0.280. The Labute approximate surface area is 66.3 Å². The summed E-state index contributed by atoms with van der Waals surface area (Å²) < 4.78 is 72.4. The standard InChI is InChI=1S/C3H3F5O3S/c4-2(5)11-12(9)10-1-3(6,7)8/h2H,1H2. The monoisotopic (exact) mass is 214 g/mol. The van der Waals surface area contributed by atoms with Gasteiger partial charge in [-0.25, -0.2) is 4.18 Å². The van der Waals surface area contributed by atoms with Crippen LogP contribution in [0.1, 0.15) is 0 Å². The Morgan fingerprint density at radius 2 is 1.83 bits per heavy atom. The zero-order chi connectivity index (χ0) is 9.78. The van der Waals surface area contributed by atoms with Crippen LogP contribution in [0.25, 0.3) is 0 Å². The van der Waals surface area contributed by atoms with Gasteiger partial charge in [0, 0.05) is 0 Å². The van der Waals surface area contributed by atoms with Crippen LogP contribution in [0.2, 0.25) is 0 Å². The van der Waals surface area contributed by atoms with E-state index in [1.165, 1.54) is 0 Å². The molecule has 0 radical (unpaired) electrons. The molecule has 0 fully saturated rings. The molecule has 0 aromatic heterocycles. The zero-order valence-electron chi connectivity index (χ0n) is 5.31. The van der Waals surface area contributed by atoms with E-state index in [1.807, 2.05) is 0 Å². The van der Waals surface area contributed by atoms with Crippen LogP contribution in [0.4, 0.5) is 22.0 Å². The highest BCUT2D eigenvalue weighted by Crippen LogP contribution is 2.15. The molecule has 0 aliphatic carbocycles. The number of halogens is 5. The van der Waals surface area contributed by atoms with Gasteiger partial charge in [0.1, 0.15) is 0 Å². The van der Waals surface area contributed by atoms with E-state index in [-0.39, 0.29) is 0 Å². The van der Waals surface area contributed by atoms with Crippen molar-refractivity contribution >= 4 is 11.4 Å². The van der Waals surface area contributed by atoms with E-state index in [2.05, 4.69) is 8.37 Å². The van der Waals surface area contributed by atoms with E-state index >= 15 is 0 Å². The maximum atomic E-state index is 11.3. The lowest BCUT2D eigenvalue weighted by atomic mass is 10.7. The molecular formula is C3H3F5O3S. The van der Waals surface area contributed by atoms with Crippen LogP contribution >= 0.6 is 0 Å². The first kappa shape index (κ1) is 11.7. The van der Waals surface area contributed by atoms with Crippen LogP contribution in [-0.2, 0) is 19.7 Å². The summed E-state index contributed by atoms with van der Waals surface area (Å²) in [4.78, 5) is 0. The summed E-state index contributed by atoms with van der Waals surface area (Å²) in [5.74, 6) is 0. The average molecular weight is 214 g/mol. The Balaban J connectivity index is 3.58. The fourth-order valence-corrected chi connectivity index (χ4v) is 0.606. The van der Waals surface area contributed by atoms with Gasteiger partial charge in [-0.2, -0.15) is 26.2 Å². The second-order valence-corrected chi connectivity index (χ2v) is 2.27. The van der Waals surface area contributed by atoms with Gasteiger partial charge in [-0.15, -0.1) is 0 Å². The average Bonchev–Trinajstić information content (AvgIpc) is 1.80. The summed E-state index contributed by atoms with van der Waals surface area (Å²) in [7, 11) is 0. The van der Waals surface area contributed by atoms with Crippen molar-refractivity contribution < 1.29 is 34.5 Å². The molecule has 0 aromatic rings. The third-order valence-corrected chi connectivity index (χ3v) is 1.08. The van der Waals surface area contributed by atoms with Crippen molar-refractivity contribution in [2.24, 2.45) is 0 Å². The van der Waals surface area contributed by atoms with Crippen LogP contribution in [0.15, 0.2) is 0 Å². The van der Waals surface area contributed by atoms with Crippen LogP contribution in [-0.4, -0.2) is 23.6 Å². The van der Waals surface area contributed by atoms with Crippen LogP contribution in [0.5, 0.6) is 0 Å². The fourth-order valence-electron chi connectivity index (χ4n) is 0.202. The molecule has 0 amide bonds. The van der Waals surface area contributed by atoms with Crippen LogP contribution in [0, 0.1) is 0 Å². The molecule has 9 heteroatoms. The first-order valence-corrected chi connectivity index (χ1v) is 3.38. The Morgan fingerprint density at radius 3 is 2.17 bits per heavy atom. The lowest BCUT2D eigenvalue weighted by molar-refractivity contribution is -0.155. The lowest BCUT2D eigenvalue weighted by Crippen LogP contribution is -2.19. The predicted molar refractivity (Wildman–Crippen MR) is 27.2 cm³/mol. The van der Waals surface area contributed by atoms with Gasteiger partial charge in [-0.1, -0.05) is 0 Å². The van der Waals surface area contributed by atoms with Gasteiger partial charge in [0.2, 0.25) is 0 Å². The van der Waals surface area contributed by atoms with E-state index in [0.717, 1.165) is 0 Å². The molecular weight excluding hydrogens is 211 g/mol. The smallest absolute Gasteiger partial charge is 0.259 e. The minimum atomic E-state index is -4.72. The minimum absolute atomic E-state index is 1.90. The highest BCUT2D eigenvalue weighted by Gasteiger charge is 2.29. The quantitative estimate of drug-likeness (QED) is 0.663. The predicted octanol–water partition coefficient (Wildman–Crippen LogP) is 1.38. The first-order valence-electron chi connectivity index (χ1n) is 2.38. The Morgan fingerprint density at radius 1 is 1.33 bits per heavy atom. The largest absolute Gasteiger partial charge is 0.413 e. The minimum Gasteiger partial charge on any atom is -0.259 e. The van der Waals surface area contributed by atoms with Crippen molar-refractivity contribution in [1.29, 1.82) is 0 Å². The Kier molecular flexibility index (Phi) is 4.57. The Bertz CT molecular complexity index is 157. The molecule has 0 N–H and O–H groups in total. The number of hydrogen-bond acceptors (Lipinski definition) is 3.